The average molecular weight is 275 g/mol. The Labute approximate surface area is 117 Å². The van der Waals surface area contributed by atoms with E-state index in [0.717, 1.165) is 24.4 Å². The van der Waals surface area contributed by atoms with Gasteiger partial charge >= 0.3 is 0 Å². The van der Waals surface area contributed by atoms with Crippen molar-refractivity contribution in [3.63, 3.8) is 0 Å². The molecule has 1 aromatic heterocycles. The normalized spacial score (nSPS) is 16.1. The number of hydrogen-bond donors (Lipinski definition) is 1. The number of likely N-dealkylation sites (tertiary alicyclic amines) is 1. The van der Waals surface area contributed by atoms with Gasteiger partial charge in [-0.15, -0.1) is 0 Å². The summed E-state index contributed by atoms with van der Waals surface area (Å²) in [5, 5.41) is 13.0. The fraction of sp³-hybridized carbons (Fsp3) is 0.429. The van der Waals surface area contributed by atoms with Crippen LogP contribution in [0.15, 0.2) is 28.8 Å². The SMILES string of the molecule is COc1ccc(-c2noc(CN3CC(CO)C3)n2)cc1. The number of aliphatic hydroxyl groups excluding tert-OH is 1. The molecule has 1 aliphatic rings. The summed E-state index contributed by atoms with van der Waals surface area (Å²) in [6.07, 6.45) is 0. The highest BCUT2D eigenvalue weighted by Gasteiger charge is 2.27. The maximum atomic E-state index is 8.98. The molecule has 0 amide bonds. The Morgan fingerprint density at radius 1 is 1.35 bits per heavy atom. The first-order chi connectivity index (χ1) is 9.78. The number of hydrogen-bond acceptors (Lipinski definition) is 6. The second-order valence-electron chi connectivity index (χ2n) is 4.98. The third-order valence-electron chi connectivity index (χ3n) is 3.47. The Morgan fingerprint density at radius 2 is 2.10 bits per heavy atom. The second-order valence-corrected chi connectivity index (χ2v) is 4.98. The molecule has 0 spiro atoms. The van der Waals surface area contributed by atoms with Crippen LogP contribution >= 0.6 is 0 Å². The third-order valence-corrected chi connectivity index (χ3v) is 3.47. The standard InChI is InChI=1S/C14H17N3O3/c1-19-12-4-2-11(3-5-12)14-15-13(20-16-14)8-17-6-10(7-17)9-18/h2-5,10,18H,6-9H2,1H3. The fourth-order valence-electron chi connectivity index (χ4n) is 2.29. The molecule has 1 saturated heterocycles. The van der Waals surface area contributed by atoms with Crippen LogP contribution in [0.1, 0.15) is 5.89 Å². The van der Waals surface area contributed by atoms with Crippen molar-refractivity contribution >= 4 is 0 Å². The van der Waals surface area contributed by atoms with Gasteiger partial charge in [0.2, 0.25) is 11.7 Å². The quantitative estimate of drug-likeness (QED) is 0.883. The lowest BCUT2D eigenvalue weighted by Gasteiger charge is -2.36. The van der Waals surface area contributed by atoms with Gasteiger partial charge in [0, 0.05) is 31.2 Å². The van der Waals surface area contributed by atoms with E-state index in [9.17, 15) is 0 Å². The van der Waals surface area contributed by atoms with Crippen LogP contribution in [-0.4, -0.2) is 47.0 Å². The number of aliphatic hydroxyl groups is 1. The van der Waals surface area contributed by atoms with Gasteiger partial charge in [-0.3, -0.25) is 4.90 Å². The van der Waals surface area contributed by atoms with E-state index in [1.165, 1.54) is 0 Å². The number of ether oxygens (including phenoxy) is 1. The highest BCUT2D eigenvalue weighted by molar-refractivity contribution is 5.55. The monoisotopic (exact) mass is 275 g/mol. The lowest BCUT2D eigenvalue weighted by Crippen LogP contribution is -2.47. The van der Waals surface area contributed by atoms with Gasteiger partial charge in [0.15, 0.2) is 0 Å². The van der Waals surface area contributed by atoms with Gasteiger partial charge in [-0.2, -0.15) is 4.98 Å². The van der Waals surface area contributed by atoms with Crippen LogP contribution < -0.4 is 4.74 Å². The minimum absolute atomic E-state index is 0.247. The van der Waals surface area contributed by atoms with Crippen molar-refractivity contribution in [1.82, 2.24) is 15.0 Å². The lowest BCUT2D eigenvalue weighted by molar-refractivity contribution is 0.0402. The molecule has 6 heteroatoms. The maximum absolute atomic E-state index is 8.98. The zero-order chi connectivity index (χ0) is 13.9. The van der Waals surface area contributed by atoms with Crippen LogP contribution in [-0.2, 0) is 6.54 Å². The molecule has 0 bridgehead atoms. The minimum atomic E-state index is 0.247. The summed E-state index contributed by atoms with van der Waals surface area (Å²) in [4.78, 5) is 6.56. The van der Waals surface area contributed by atoms with Gasteiger partial charge in [0.05, 0.1) is 13.7 Å². The van der Waals surface area contributed by atoms with Gasteiger partial charge in [-0.25, -0.2) is 0 Å². The van der Waals surface area contributed by atoms with Crippen molar-refractivity contribution in [2.45, 2.75) is 6.54 Å². The van der Waals surface area contributed by atoms with Gasteiger partial charge in [-0.1, -0.05) is 5.16 Å². The fourth-order valence-corrected chi connectivity index (χ4v) is 2.29. The number of benzene rings is 1. The minimum Gasteiger partial charge on any atom is -0.497 e. The van der Waals surface area contributed by atoms with E-state index in [1.807, 2.05) is 24.3 Å². The first-order valence-corrected chi connectivity index (χ1v) is 6.58. The molecule has 2 aromatic rings. The van der Waals surface area contributed by atoms with Gasteiger partial charge in [-0.05, 0) is 24.3 Å². The van der Waals surface area contributed by atoms with Crippen LogP contribution in [0.5, 0.6) is 5.75 Å². The molecule has 1 aliphatic heterocycles. The molecule has 1 aromatic carbocycles. The average Bonchev–Trinajstić information content (AvgIpc) is 2.91. The smallest absolute Gasteiger partial charge is 0.241 e. The summed E-state index contributed by atoms with van der Waals surface area (Å²) in [5.41, 5.74) is 0.901. The molecule has 0 atom stereocenters. The molecule has 1 fully saturated rings. The lowest BCUT2D eigenvalue weighted by atomic mass is 10.0. The van der Waals surface area contributed by atoms with E-state index in [2.05, 4.69) is 15.0 Å². The predicted molar refractivity (Wildman–Crippen MR) is 72.1 cm³/mol. The molecule has 1 N–H and O–H groups in total. The number of methoxy groups -OCH3 is 1. The molecule has 0 radical (unpaired) electrons. The molecule has 0 aliphatic carbocycles. The Morgan fingerprint density at radius 3 is 2.75 bits per heavy atom. The number of rotatable bonds is 5. The van der Waals surface area contributed by atoms with Crippen molar-refractivity contribution in [2.24, 2.45) is 5.92 Å². The molecule has 0 saturated carbocycles. The first-order valence-electron chi connectivity index (χ1n) is 6.58. The molecule has 20 heavy (non-hydrogen) atoms. The molecular formula is C14H17N3O3. The van der Waals surface area contributed by atoms with E-state index in [0.29, 0.717) is 24.2 Å². The number of aromatic nitrogens is 2. The second kappa shape index (κ2) is 5.60. The predicted octanol–water partition coefficient (Wildman–Crippen LogP) is 1.17. The van der Waals surface area contributed by atoms with Crippen LogP contribution in [0.25, 0.3) is 11.4 Å². The van der Waals surface area contributed by atoms with E-state index >= 15 is 0 Å². The Kier molecular flexibility index (Phi) is 3.66. The van der Waals surface area contributed by atoms with E-state index in [-0.39, 0.29) is 6.61 Å². The van der Waals surface area contributed by atoms with Crippen LogP contribution in [0.3, 0.4) is 0 Å². The number of nitrogens with zero attached hydrogens (tertiary/aromatic N) is 3. The largest absolute Gasteiger partial charge is 0.497 e. The van der Waals surface area contributed by atoms with Crippen LogP contribution in [0.2, 0.25) is 0 Å². The van der Waals surface area contributed by atoms with Crippen molar-refractivity contribution in [3.05, 3.63) is 30.2 Å². The zero-order valence-electron chi connectivity index (χ0n) is 11.3. The topological polar surface area (TPSA) is 71.6 Å². The molecule has 0 unspecified atom stereocenters. The maximum Gasteiger partial charge on any atom is 0.241 e. The van der Waals surface area contributed by atoms with E-state index in [1.54, 1.807) is 7.11 Å². The summed E-state index contributed by atoms with van der Waals surface area (Å²) in [5.74, 6) is 2.38. The summed E-state index contributed by atoms with van der Waals surface area (Å²) in [6.45, 7) is 2.66. The van der Waals surface area contributed by atoms with Crippen molar-refractivity contribution < 1.29 is 14.4 Å². The van der Waals surface area contributed by atoms with E-state index in [4.69, 9.17) is 14.4 Å². The summed E-state index contributed by atoms with van der Waals surface area (Å²) in [6, 6.07) is 7.54. The molecule has 106 valence electrons. The Bertz CT molecular complexity index is 561. The summed E-state index contributed by atoms with van der Waals surface area (Å²) in [7, 11) is 1.63. The molecule has 3 rings (SSSR count). The summed E-state index contributed by atoms with van der Waals surface area (Å²) >= 11 is 0. The highest BCUT2D eigenvalue weighted by atomic mass is 16.5. The van der Waals surface area contributed by atoms with E-state index < -0.39 is 0 Å². The van der Waals surface area contributed by atoms with Crippen molar-refractivity contribution in [1.29, 1.82) is 0 Å². The van der Waals surface area contributed by atoms with Gasteiger partial charge in [0.1, 0.15) is 5.75 Å². The van der Waals surface area contributed by atoms with Crippen molar-refractivity contribution in [3.8, 4) is 17.1 Å². The molecular weight excluding hydrogens is 258 g/mol. The zero-order valence-corrected chi connectivity index (χ0v) is 11.3. The highest BCUT2D eigenvalue weighted by Crippen LogP contribution is 2.21. The summed E-state index contributed by atoms with van der Waals surface area (Å²) < 4.78 is 10.4. The first kappa shape index (κ1) is 13.1. The van der Waals surface area contributed by atoms with Gasteiger partial charge < -0.3 is 14.4 Å². The Balaban J connectivity index is 1.64. The third kappa shape index (κ3) is 2.66. The van der Waals surface area contributed by atoms with Crippen molar-refractivity contribution in [2.75, 3.05) is 26.8 Å². The van der Waals surface area contributed by atoms with Crippen LogP contribution in [0, 0.1) is 5.92 Å². The van der Waals surface area contributed by atoms with Gasteiger partial charge in [0.25, 0.3) is 0 Å². The molecule has 2 heterocycles. The molecule has 6 nitrogen and oxygen atoms in total. The Hall–Kier alpha value is -1.92. The van der Waals surface area contributed by atoms with Crippen LogP contribution in [0.4, 0.5) is 0 Å².